The van der Waals surface area contributed by atoms with Crippen LogP contribution in [-0.2, 0) is 25.8 Å². The quantitative estimate of drug-likeness (QED) is 0.534. The van der Waals surface area contributed by atoms with Crippen molar-refractivity contribution in [1.29, 1.82) is 0 Å². The zero-order valence-electron chi connectivity index (χ0n) is 19.8. The zero-order chi connectivity index (χ0) is 26.0. The third-order valence-electron chi connectivity index (χ3n) is 7.18. The Labute approximate surface area is 214 Å². The van der Waals surface area contributed by atoms with E-state index in [1.165, 1.54) is 29.3 Å². The van der Waals surface area contributed by atoms with Crippen molar-refractivity contribution in [3.05, 3.63) is 88.7 Å². The molecule has 2 N–H and O–H groups in total. The first kappa shape index (κ1) is 24.7. The summed E-state index contributed by atoms with van der Waals surface area (Å²) in [6.45, 7) is 0. The number of aliphatic hydroxyl groups is 2. The van der Waals surface area contributed by atoms with E-state index in [1.54, 1.807) is 50.5 Å². The van der Waals surface area contributed by atoms with Crippen LogP contribution in [0.4, 0.5) is 0 Å². The lowest BCUT2D eigenvalue weighted by atomic mass is 9.71. The van der Waals surface area contributed by atoms with Gasteiger partial charge in [-0.05, 0) is 23.3 Å². The molecule has 0 unspecified atom stereocenters. The zero-order valence-corrected chi connectivity index (χ0v) is 21.4. The van der Waals surface area contributed by atoms with E-state index in [2.05, 4.69) is 4.98 Å². The standard InChI is InChI=1S/C26H25ClN2O6S/c1-29(2)24(31)20-21(15-7-5-4-6-8-15)26(16-9-11-18(12-10-16)36(3,33)34)25(32,23(20)30)22-19(35-26)13-17(27)14-28-22/h4-14,20-21,23,30,32H,1-3H3/t20-,21-,23-,25+,26+/m1/s1. The number of benzene rings is 2. The van der Waals surface area contributed by atoms with E-state index in [0.29, 0.717) is 11.1 Å². The van der Waals surface area contributed by atoms with Gasteiger partial charge in [-0.1, -0.05) is 54.1 Å². The molecule has 1 saturated carbocycles. The van der Waals surface area contributed by atoms with Gasteiger partial charge in [0, 0.05) is 38.5 Å². The van der Waals surface area contributed by atoms with Crippen molar-refractivity contribution in [3.8, 4) is 5.75 Å². The van der Waals surface area contributed by atoms with Crippen molar-refractivity contribution in [2.75, 3.05) is 20.4 Å². The Kier molecular flexibility index (Phi) is 5.68. The summed E-state index contributed by atoms with van der Waals surface area (Å²) in [6, 6.07) is 16.5. The van der Waals surface area contributed by atoms with Crippen LogP contribution in [0.2, 0.25) is 5.02 Å². The summed E-state index contributed by atoms with van der Waals surface area (Å²) in [4.78, 5) is 19.3. The maximum atomic E-state index is 13.5. The third-order valence-corrected chi connectivity index (χ3v) is 8.51. The number of carbonyl (C=O) groups excluding carboxylic acids is 1. The molecule has 5 atom stereocenters. The second-order valence-electron chi connectivity index (χ2n) is 9.49. The minimum atomic E-state index is -3.50. The molecular formula is C26H25ClN2O6S. The highest BCUT2D eigenvalue weighted by Crippen LogP contribution is 2.68. The normalized spacial score (nSPS) is 28.8. The van der Waals surface area contributed by atoms with Crippen LogP contribution in [0.1, 0.15) is 22.7 Å². The third kappa shape index (κ3) is 3.30. The number of sulfone groups is 1. The van der Waals surface area contributed by atoms with Gasteiger partial charge in [0.1, 0.15) is 17.5 Å². The van der Waals surface area contributed by atoms with Gasteiger partial charge < -0.3 is 19.8 Å². The Balaban J connectivity index is 1.85. The van der Waals surface area contributed by atoms with Crippen molar-refractivity contribution < 1.29 is 28.2 Å². The van der Waals surface area contributed by atoms with Gasteiger partial charge in [0.25, 0.3) is 0 Å². The number of fused-ring (bicyclic) bond motifs is 3. The molecule has 0 saturated heterocycles. The highest BCUT2D eigenvalue weighted by Gasteiger charge is 2.78. The number of pyridine rings is 1. The van der Waals surface area contributed by atoms with Crippen molar-refractivity contribution in [2.45, 2.75) is 28.1 Å². The number of aromatic nitrogens is 1. The average Bonchev–Trinajstić information content (AvgIpc) is 3.21. The summed E-state index contributed by atoms with van der Waals surface area (Å²) >= 11 is 6.18. The fourth-order valence-corrected chi connectivity index (χ4v) is 6.43. The minimum Gasteiger partial charge on any atom is -0.476 e. The van der Waals surface area contributed by atoms with Gasteiger partial charge in [-0.2, -0.15) is 0 Å². The van der Waals surface area contributed by atoms with Gasteiger partial charge in [0.15, 0.2) is 21.0 Å². The molecule has 1 aromatic heterocycles. The van der Waals surface area contributed by atoms with Crippen LogP contribution in [0.25, 0.3) is 0 Å². The summed E-state index contributed by atoms with van der Waals surface area (Å²) in [5, 5.41) is 24.5. The van der Waals surface area contributed by atoms with Gasteiger partial charge in [0.05, 0.1) is 15.8 Å². The molecule has 188 valence electrons. The largest absolute Gasteiger partial charge is 0.476 e. The predicted molar refractivity (Wildman–Crippen MR) is 132 cm³/mol. The molecule has 1 aliphatic heterocycles. The number of hydrogen-bond donors (Lipinski definition) is 2. The molecule has 1 aliphatic carbocycles. The highest BCUT2D eigenvalue weighted by atomic mass is 35.5. The van der Waals surface area contributed by atoms with Gasteiger partial charge in [-0.25, -0.2) is 8.42 Å². The Hall–Kier alpha value is -2.98. The lowest BCUT2D eigenvalue weighted by Gasteiger charge is -2.40. The van der Waals surface area contributed by atoms with Crippen LogP contribution in [0.3, 0.4) is 0 Å². The van der Waals surface area contributed by atoms with E-state index in [-0.39, 0.29) is 21.4 Å². The Morgan fingerprint density at radius 2 is 1.75 bits per heavy atom. The Morgan fingerprint density at radius 1 is 1.11 bits per heavy atom. The first-order valence-electron chi connectivity index (χ1n) is 11.2. The van der Waals surface area contributed by atoms with Gasteiger partial charge in [-0.15, -0.1) is 0 Å². The van der Waals surface area contributed by atoms with Gasteiger partial charge in [0.2, 0.25) is 5.91 Å². The summed E-state index contributed by atoms with van der Waals surface area (Å²) in [5.41, 5.74) is -2.79. The highest BCUT2D eigenvalue weighted by molar-refractivity contribution is 7.90. The lowest BCUT2D eigenvalue weighted by molar-refractivity contribution is -0.157. The minimum absolute atomic E-state index is 0.0570. The SMILES string of the molecule is CN(C)C(=O)[C@H]1[C@@H](O)[C@@]2(O)c3ncc(Cl)cc3O[C@@]2(c2ccc(S(C)(=O)=O)cc2)[C@@H]1c1ccccc1. The molecule has 3 aromatic rings. The van der Waals surface area contributed by atoms with Crippen molar-refractivity contribution >= 4 is 27.3 Å². The molecule has 5 rings (SSSR count). The molecule has 0 spiro atoms. The number of carbonyl (C=O) groups is 1. The number of ether oxygens (including phenoxy) is 1. The molecule has 0 radical (unpaired) electrons. The molecule has 2 heterocycles. The van der Waals surface area contributed by atoms with Crippen LogP contribution in [0, 0.1) is 5.92 Å². The van der Waals surface area contributed by atoms with Crippen molar-refractivity contribution in [3.63, 3.8) is 0 Å². The van der Waals surface area contributed by atoms with Crippen LogP contribution >= 0.6 is 11.6 Å². The average molecular weight is 529 g/mol. The molecule has 2 aromatic carbocycles. The second kappa shape index (κ2) is 8.27. The number of amides is 1. The topological polar surface area (TPSA) is 117 Å². The van der Waals surface area contributed by atoms with E-state index >= 15 is 0 Å². The fraction of sp³-hybridized carbons (Fsp3) is 0.308. The first-order chi connectivity index (χ1) is 16.9. The lowest BCUT2D eigenvalue weighted by Crippen LogP contribution is -2.52. The van der Waals surface area contributed by atoms with Crippen LogP contribution in [0.15, 0.2) is 71.8 Å². The van der Waals surface area contributed by atoms with Crippen LogP contribution in [0.5, 0.6) is 5.75 Å². The second-order valence-corrected chi connectivity index (χ2v) is 11.9. The maximum absolute atomic E-state index is 13.5. The summed E-state index contributed by atoms with van der Waals surface area (Å²) in [5.74, 6) is -2.20. The molecule has 10 heteroatoms. The number of rotatable bonds is 4. The first-order valence-corrected chi connectivity index (χ1v) is 13.5. The predicted octanol–water partition coefficient (Wildman–Crippen LogP) is 2.48. The van der Waals surface area contributed by atoms with E-state index in [0.717, 1.165) is 6.26 Å². The summed E-state index contributed by atoms with van der Waals surface area (Å²) in [6.07, 6.45) is 0.834. The molecule has 1 fully saturated rings. The van der Waals surface area contributed by atoms with Crippen LogP contribution < -0.4 is 4.74 Å². The summed E-state index contributed by atoms with van der Waals surface area (Å²) < 4.78 is 30.8. The fourth-order valence-electron chi connectivity index (χ4n) is 5.65. The van der Waals surface area contributed by atoms with Gasteiger partial charge in [-0.3, -0.25) is 9.78 Å². The Bertz CT molecular complexity index is 1450. The number of nitrogens with zero attached hydrogens (tertiary/aromatic N) is 2. The smallest absolute Gasteiger partial charge is 0.228 e. The molecule has 0 bridgehead atoms. The summed E-state index contributed by atoms with van der Waals surface area (Å²) in [7, 11) is -0.339. The monoisotopic (exact) mass is 528 g/mol. The molecule has 2 aliphatic rings. The van der Waals surface area contributed by atoms with Crippen molar-refractivity contribution in [1.82, 2.24) is 9.88 Å². The van der Waals surface area contributed by atoms with Gasteiger partial charge >= 0.3 is 0 Å². The number of aliphatic hydroxyl groups excluding tert-OH is 1. The van der Waals surface area contributed by atoms with E-state index in [4.69, 9.17) is 16.3 Å². The number of hydrogen-bond acceptors (Lipinski definition) is 7. The van der Waals surface area contributed by atoms with E-state index < -0.39 is 44.9 Å². The van der Waals surface area contributed by atoms with E-state index in [1.807, 2.05) is 6.07 Å². The van der Waals surface area contributed by atoms with Crippen LogP contribution in [-0.4, -0.2) is 60.9 Å². The molecule has 8 nitrogen and oxygen atoms in total. The molecular weight excluding hydrogens is 504 g/mol. The van der Waals surface area contributed by atoms with E-state index in [9.17, 15) is 23.4 Å². The number of halogens is 1. The molecule has 36 heavy (non-hydrogen) atoms. The van der Waals surface area contributed by atoms with Crippen molar-refractivity contribution in [2.24, 2.45) is 5.92 Å². The molecule has 1 amide bonds. The maximum Gasteiger partial charge on any atom is 0.228 e. The Morgan fingerprint density at radius 3 is 2.33 bits per heavy atom.